The molecule has 11 aromatic carbocycles. The van der Waals surface area contributed by atoms with E-state index in [0.717, 1.165) is 17.1 Å². The highest BCUT2D eigenvalue weighted by atomic mass is 32.1. The lowest BCUT2D eigenvalue weighted by Crippen LogP contribution is -2.27. The molecule has 0 atom stereocenters. The van der Waals surface area contributed by atoms with Crippen molar-refractivity contribution in [2.24, 2.45) is 0 Å². The van der Waals surface area contributed by atoms with E-state index in [1.165, 1.54) is 120 Å². The number of anilines is 3. The second-order valence-electron chi connectivity index (χ2n) is 22.5. The number of fused-ring (bicyclic) bond motifs is 15. The van der Waals surface area contributed by atoms with Crippen LogP contribution in [0.2, 0.25) is 0 Å². The van der Waals surface area contributed by atoms with Gasteiger partial charge in [-0.15, -0.1) is 11.3 Å². The Bertz CT molecular complexity index is 4170. The van der Waals surface area contributed by atoms with Gasteiger partial charge in [0.25, 0.3) is 0 Å². The number of benzene rings is 11. The molecule has 0 saturated heterocycles. The van der Waals surface area contributed by atoms with Gasteiger partial charge in [-0.3, -0.25) is 0 Å². The van der Waals surface area contributed by atoms with Crippen molar-refractivity contribution in [1.29, 1.82) is 0 Å². The molecule has 0 unspecified atom stereocenters. The summed E-state index contributed by atoms with van der Waals surface area (Å²) in [4.78, 5) is 2.50. The molecule has 1 spiro atoms. The predicted octanol–water partition coefficient (Wildman–Crippen LogP) is 20.1. The van der Waals surface area contributed by atoms with Gasteiger partial charge in [-0.1, -0.05) is 199 Å². The Labute approximate surface area is 432 Å². The summed E-state index contributed by atoms with van der Waals surface area (Å²) in [5, 5.41) is 7.58. The van der Waals surface area contributed by atoms with E-state index in [0.29, 0.717) is 0 Å². The van der Waals surface area contributed by atoms with Gasteiger partial charge in [0.1, 0.15) is 0 Å². The molecule has 0 amide bonds. The quantitative estimate of drug-likeness (QED) is 0.166. The highest BCUT2D eigenvalue weighted by Gasteiger charge is 2.52. The highest BCUT2D eigenvalue weighted by Crippen LogP contribution is 2.64. The van der Waals surface area contributed by atoms with Crippen LogP contribution in [0.4, 0.5) is 17.1 Å². The molecule has 0 aliphatic heterocycles. The van der Waals surface area contributed by atoms with Crippen molar-refractivity contribution >= 4 is 70.1 Å². The van der Waals surface area contributed by atoms with Crippen LogP contribution < -0.4 is 4.90 Å². The van der Waals surface area contributed by atoms with Crippen molar-refractivity contribution in [2.45, 2.75) is 57.8 Å². The van der Waals surface area contributed by atoms with Gasteiger partial charge >= 0.3 is 0 Å². The molecule has 1 nitrogen and oxygen atoms in total. The van der Waals surface area contributed by atoms with E-state index in [4.69, 9.17) is 0 Å². The smallest absolute Gasteiger partial charge is 0.0726 e. The molecule has 14 rings (SSSR count). The fourth-order valence-corrected chi connectivity index (χ4v) is 13.4. The van der Waals surface area contributed by atoms with E-state index in [1.807, 2.05) is 11.3 Å². The Morgan fingerprint density at radius 2 is 0.767 bits per heavy atom. The maximum absolute atomic E-state index is 2.55. The number of thiophene rings is 1. The molecule has 2 aliphatic rings. The van der Waals surface area contributed by atoms with Crippen LogP contribution >= 0.6 is 11.3 Å². The van der Waals surface area contributed by atoms with Crippen LogP contribution in [0, 0.1) is 0 Å². The van der Waals surface area contributed by atoms with E-state index < -0.39 is 5.41 Å². The first-order chi connectivity index (χ1) is 35.4. The summed E-state index contributed by atoms with van der Waals surface area (Å²) >= 11 is 1.87. The summed E-state index contributed by atoms with van der Waals surface area (Å²) in [6.45, 7) is 14.1. The minimum absolute atomic E-state index is 0.0212. The third-order valence-electron chi connectivity index (χ3n) is 16.2. The lowest BCUT2D eigenvalue weighted by molar-refractivity contribution is 0.586. The fourth-order valence-electron chi connectivity index (χ4n) is 12.3. The predicted molar refractivity (Wildman–Crippen MR) is 314 cm³/mol. The van der Waals surface area contributed by atoms with Gasteiger partial charge in [0.05, 0.1) is 5.41 Å². The summed E-state index contributed by atoms with van der Waals surface area (Å²) in [6, 6.07) is 85.5. The van der Waals surface area contributed by atoms with Crippen LogP contribution in [0.1, 0.15) is 74.9 Å². The van der Waals surface area contributed by atoms with Crippen LogP contribution in [-0.4, -0.2) is 0 Å². The molecule has 2 aliphatic carbocycles. The average Bonchev–Trinajstić information content (AvgIpc) is 4.03. The van der Waals surface area contributed by atoms with Crippen molar-refractivity contribution in [3.8, 4) is 44.5 Å². The average molecular weight is 954 g/mol. The Balaban J connectivity index is 0.933. The SMILES string of the molecule is CC(C)(C)c1ccc2c(c1)C1(c3ccccc3-c3ccc(N(c4ccc(-c5ccc6cc(-c7ccc8ccccc8c7)ccc6c5)cc4)c4ccc5sc6ccccc6c5c4)cc31)c1cc(C(C)(C)C)ccc1-2. The molecule has 0 bridgehead atoms. The second kappa shape index (κ2) is 16.0. The second-order valence-corrected chi connectivity index (χ2v) is 23.6. The zero-order chi connectivity index (χ0) is 49.4. The first-order valence-electron chi connectivity index (χ1n) is 25.8. The van der Waals surface area contributed by atoms with Gasteiger partial charge in [-0.05, 0) is 177 Å². The van der Waals surface area contributed by atoms with Crippen LogP contribution in [0.25, 0.3) is 86.2 Å². The van der Waals surface area contributed by atoms with Gasteiger partial charge in [0, 0.05) is 37.2 Å². The van der Waals surface area contributed by atoms with Crippen molar-refractivity contribution < 1.29 is 0 Å². The van der Waals surface area contributed by atoms with Gasteiger partial charge in [0.15, 0.2) is 0 Å². The van der Waals surface area contributed by atoms with E-state index >= 15 is 0 Å². The normalized spacial score (nSPS) is 13.5. The first-order valence-corrected chi connectivity index (χ1v) is 26.6. The van der Waals surface area contributed by atoms with Crippen molar-refractivity contribution in [2.75, 3.05) is 4.90 Å². The number of nitrogens with zero attached hydrogens (tertiary/aromatic N) is 1. The fraction of sp³-hybridized carbons (Fsp3) is 0.127. The molecule has 2 heteroatoms. The minimum Gasteiger partial charge on any atom is -0.310 e. The largest absolute Gasteiger partial charge is 0.310 e. The Morgan fingerprint density at radius 1 is 0.315 bits per heavy atom. The molecular formula is C71H55NS. The van der Waals surface area contributed by atoms with Gasteiger partial charge in [-0.25, -0.2) is 0 Å². The zero-order valence-corrected chi connectivity index (χ0v) is 43.0. The summed E-state index contributed by atoms with van der Waals surface area (Å²) < 4.78 is 2.61. The van der Waals surface area contributed by atoms with Crippen molar-refractivity contribution in [3.05, 3.63) is 258 Å². The Kier molecular flexibility index (Phi) is 9.57. The van der Waals surface area contributed by atoms with Crippen LogP contribution in [0.5, 0.6) is 0 Å². The van der Waals surface area contributed by atoms with Crippen LogP contribution in [-0.2, 0) is 16.2 Å². The minimum atomic E-state index is -0.509. The van der Waals surface area contributed by atoms with E-state index in [-0.39, 0.29) is 10.8 Å². The summed E-state index contributed by atoms with van der Waals surface area (Å²) in [6.07, 6.45) is 0. The van der Waals surface area contributed by atoms with Crippen LogP contribution in [0.15, 0.2) is 224 Å². The zero-order valence-electron chi connectivity index (χ0n) is 42.2. The Morgan fingerprint density at radius 3 is 1.42 bits per heavy atom. The van der Waals surface area contributed by atoms with E-state index in [1.54, 1.807) is 0 Å². The maximum Gasteiger partial charge on any atom is 0.0726 e. The third-order valence-corrected chi connectivity index (χ3v) is 17.3. The lowest BCUT2D eigenvalue weighted by Gasteiger charge is -2.34. The van der Waals surface area contributed by atoms with Gasteiger partial charge in [0.2, 0.25) is 0 Å². The maximum atomic E-state index is 2.55. The standard InChI is InChI=1S/C71H55NS/c1-69(2,3)52-27-33-58-59-34-28-53(70(4,5)6)41-65(59)71(64(58)40-52)63-17-11-9-15-57(63)60-35-31-56(43-66(60)71)72(55-32-36-68-62(42-55)61-16-10-12-18-67(61)73-68)54-29-25-45(26-30-54)47-21-22-50-39-51(24-23-49(50)38-47)48-20-19-44-13-7-8-14-46(44)37-48/h7-43H,1-6H3. The molecule has 1 aromatic heterocycles. The summed E-state index contributed by atoms with van der Waals surface area (Å²) in [7, 11) is 0. The lowest BCUT2D eigenvalue weighted by atomic mass is 9.68. The topological polar surface area (TPSA) is 3.24 Å². The molecule has 0 N–H and O–H groups in total. The molecule has 0 saturated carbocycles. The molecular weight excluding hydrogens is 899 g/mol. The molecule has 350 valence electrons. The summed E-state index contributed by atoms with van der Waals surface area (Å²) in [5.74, 6) is 0. The highest BCUT2D eigenvalue weighted by molar-refractivity contribution is 7.25. The summed E-state index contributed by atoms with van der Waals surface area (Å²) in [5.41, 5.74) is 21.2. The first kappa shape index (κ1) is 43.7. The monoisotopic (exact) mass is 953 g/mol. The van der Waals surface area contributed by atoms with Gasteiger partial charge in [-0.2, -0.15) is 0 Å². The molecule has 12 aromatic rings. The number of hydrogen-bond donors (Lipinski definition) is 0. The Hall–Kier alpha value is -8.04. The third kappa shape index (κ3) is 6.80. The molecule has 0 fully saturated rings. The van der Waals surface area contributed by atoms with Crippen molar-refractivity contribution in [3.63, 3.8) is 0 Å². The van der Waals surface area contributed by atoms with Crippen LogP contribution in [0.3, 0.4) is 0 Å². The molecule has 0 radical (unpaired) electrons. The van der Waals surface area contributed by atoms with E-state index in [2.05, 4.69) is 271 Å². The van der Waals surface area contributed by atoms with Gasteiger partial charge < -0.3 is 4.90 Å². The molecule has 73 heavy (non-hydrogen) atoms. The molecule has 1 heterocycles. The number of rotatable bonds is 5. The van der Waals surface area contributed by atoms with E-state index in [9.17, 15) is 0 Å². The van der Waals surface area contributed by atoms with Crippen molar-refractivity contribution in [1.82, 2.24) is 0 Å². The number of hydrogen-bond acceptors (Lipinski definition) is 2.